The number of methoxy groups -OCH3 is 1. The van der Waals surface area contributed by atoms with Crippen LogP contribution >= 0.6 is 0 Å². The molecule has 170 valence electrons. The molecule has 1 heterocycles. The van der Waals surface area contributed by atoms with Crippen molar-refractivity contribution >= 4 is 12.0 Å². The normalized spacial score (nSPS) is 15.8. The highest BCUT2D eigenvalue weighted by Crippen LogP contribution is 2.30. The minimum Gasteiger partial charge on any atom is -0.497 e. The van der Waals surface area contributed by atoms with Gasteiger partial charge < -0.3 is 25.4 Å². The van der Waals surface area contributed by atoms with Gasteiger partial charge in [-0.05, 0) is 62.6 Å². The molecule has 1 aliphatic rings. The molecule has 2 amide bonds. The van der Waals surface area contributed by atoms with Crippen LogP contribution in [-0.4, -0.2) is 38.8 Å². The smallest absolute Gasteiger partial charge is 0.338 e. The molecule has 1 aliphatic heterocycles. The zero-order valence-electron chi connectivity index (χ0n) is 19.1. The first kappa shape index (κ1) is 23.3. The van der Waals surface area contributed by atoms with E-state index >= 15 is 0 Å². The number of urea groups is 1. The lowest BCUT2D eigenvalue weighted by molar-refractivity contribution is -0.139. The van der Waals surface area contributed by atoms with E-state index in [-0.39, 0.29) is 12.6 Å². The Balaban J connectivity index is 1.80. The number of rotatable bonds is 9. The van der Waals surface area contributed by atoms with Gasteiger partial charge in [0, 0.05) is 12.2 Å². The Morgan fingerprint density at radius 1 is 1.12 bits per heavy atom. The number of carbonyl (C=O) groups excluding carboxylic acids is 2. The van der Waals surface area contributed by atoms with Crippen molar-refractivity contribution in [1.29, 1.82) is 0 Å². The number of carbonyl (C=O) groups is 2. The van der Waals surface area contributed by atoms with Crippen LogP contribution in [0.25, 0.3) is 0 Å². The lowest BCUT2D eigenvalue weighted by atomic mass is 9.91. The summed E-state index contributed by atoms with van der Waals surface area (Å²) in [6.45, 7) is 7.02. The Hall–Kier alpha value is -3.32. The van der Waals surface area contributed by atoms with Gasteiger partial charge in [-0.2, -0.15) is 0 Å². The summed E-state index contributed by atoms with van der Waals surface area (Å²) in [5.41, 5.74) is 5.07. The van der Waals surface area contributed by atoms with Crippen molar-refractivity contribution in [3.05, 3.63) is 76.0 Å². The van der Waals surface area contributed by atoms with Gasteiger partial charge in [0.05, 0.1) is 25.3 Å². The van der Waals surface area contributed by atoms with Gasteiger partial charge in [0.25, 0.3) is 0 Å². The highest BCUT2D eigenvalue weighted by molar-refractivity contribution is 5.95. The van der Waals surface area contributed by atoms with Gasteiger partial charge >= 0.3 is 12.0 Å². The van der Waals surface area contributed by atoms with E-state index in [1.807, 2.05) is 56.3 Å². The highest BCUT2D eigenvalue weighted by atomic mass is 16.5. The Morgan fingerprint density at radius 2 is 1.88 bits per heavy atom. The van der Waals surface area contributed by atoms with Crippen molar-refractivity contribution in [3.63, 3.8) is 0 Å². The third-order valence-corrected chi connectivity index (χ3v) is 5.45. The van der Waals surface area contributed by atoms with Crippen LogP contribution in [0.15, 0.2) is 53.7 Å². The van der Waals surface area contributed by atoms with E-state index in [2.05, 4.69) is 16.0 Å². The monoisotopic (exact) mass is 437 g/mol. The van der Waals surface area contributed by atoms with Crippen LogP contribution in [0.1, 0.15) is 35.2 Å². The van der Waals surface area contributed by atoms with Gasteiger partial charge in [-0.15, -0.1) is 0 Å². The molecule has 7 heteroatoms. The van der Waals surface area contributed by atoms with Crippen LogP contribution in [0.3, 0.4) is 0 Å². The number of nitrogens with one attached hydrogen (secondary N) is 3. The summed E-state index contributed by atoms with van der Waals surface area (Å²) in [6.07, 6.45) is 0.804. The van der Waals surface area contributed by atoms with Crippen molar-refractivity contribution < 1.29 is 19.1 Å². The van der Waals surface area contributed by atoms with Crippen LogP contribution < -0.4 is 20.7 Å². The van der Waals surface area contributed by atoms with Gasteiger partial charge in [0.15, 0.2) is 0 Å². The molecule has 7 nitrogen and oxygen atoms in total. The minimum absolute atomic E-state index is 0.258. The van der Waals surface area contributed by atoms with E-state index in [0.717, 1.165) is 28.9 Å². The number of amides is 2. The molecule has 2 aromatic rings. The first-order valence-electron chi connectivity index (χ1n) is 10.8. The number of ether oxygens (including phenoxy) is 2. The van der Waals surface area contributed by atoms with E-state index in [0.29, 0.717) is 24.4 Å². The van der Waals surface area contributed by atoms with Gasteiger partial charge in [0.2, 0.25) is 0 Å². The molecule has 0 saturated heterocycles. The Labute approximate surface area is 189 Å². The molecule has 0 spiro atoms. The maximum absolute atomic E-state index is 12.9. The molecule has 3 rings (SSSR count). The summed E-state index contributed by atoms with van der Waals surface area (Å²) in [4.78, 5) is 25.3. The molecule has 1 atom stereocenters. The molecular weight excluding hydrogens is 406 g/mol. The third kappa shape index (κ3) is 5.68. The van der Waals surface area contributed by atoms with Crippen molar-refractivity contribution in [2.24, 2.45) is 0 Å². The molecule has 0 unspecified atom stereocenters. The minimum atomic E-state index is -0.568. The molecule has 0 saturated carbocycles. The number of hydrogen-bond donors (Lipinski definition) is 3. The maximum atomic E-state index is 12.9. The first-order chi connectivity index (χ1) is 15.4. The number of benzene rings is 2. The molecule has 2 aromatic carbocycles. The van der Waals surface area contributed by atoms with Gasteiger partial charge in [0.1, 0.15) is 5.75 Å². The molecule has 0 aliphatic carbocycles. The first-order valence-corrected chi connectivity index (χ1v) is 10.8. The zero-order valence-corrected chi connectivity index (χ0v) is 19.1. The summed E-state index contributed by atoms with van der Waals surface area (Å²) < 4.78 is 10.5. The Morgan fingerprint density at radius 3 is 2.56 bits per heavy atom. The summed E-state index contributed by atoms with van der Waals surface area (Å²) >= 11 is 0. The molecule has 0 bridgehead atoms. The standard InChI is InChI=1S/C25H31N3O4/c1-5-32-24(29)22-21(15-26-13-12-18-8-10-19(31-4)11-9-18)27-25(30)28-23(22)20-14-16(2)6-7-17(20)3/h6-11,14,23,26H,5,12-13,15H2,1-4H3,(H2,27,28,30)/t23-/m0/s1. The summed E-state index contributed by atoms with van der Waals surface area (Å²) in [5.74, 6) is 0.388. The quantitative estimate of drug-likeness (QED) is 0.414. The molecule has 0 radical (unpaired) electrons. The maximum Gasteiger partial charge on any atom is 0.338 e. The lowest BCUT2D eigenvalue weighted by Crippen LogP contribution is -2.48. The van der Waals surface area contributed by atoms with Crippen molar-refractivity contribution in [2.75, 3.05) is 26.8 Å². The SMILES string of the molecule is CCOC(=O)C1=C(CNCCc2ccc(OC)cc2)NC(=O)N[C@H]1c1cc(C)ccc1C. The fourth-order valence-electron chi connectivity index (χ4n) is 3.75. The van der Waals surface area contributed by atoms with Gasteiger partial charge in [-0.1, -0.05) is 35.9 Å². The van der Waals surface area contributed by atoms with Crippen molar-refractivity contribution in [2.45, 2.75) is 33.2 Å². The lowest BCUT2D eigenvalue weighted by Gasteiger charge is -2.30. The fraction of sp³-hybridized carbons (Fsp3) is 0.360. The van der Waals surface area contributed by atoms with Crippen LogP contribution in [-0.2, 0) is 16.0 Å². The predicted octanol–water partition coefficient (Wildman–Crippen LogP) is 3.32. The molecule has 0 aromatic heterocycles. The van der Waals surface area contributed by atoms with E-state index < -0.39 is 12.0 Å². The largest absolute Gasteiger partial charge is 0.497 e. The van der Waals surface area contributed by atoms with Crippen LogP contribution in [0.2, 0.25) is 0 Å². The van der Waals surface area contributed by atoms with E-state index in [1.165, 1.54) is 5.56 Å². The highest BCUT2D eigenvalue weighted by Gasteiger charge is 2.34. The third-order valence-electron chi connectivity index (χ3n) is 5.45. The number of hydrogen-bond acceptors (Lipinski definition) is 5. The van der Waals surface area contributed by atoms with Crippen LogP contribution in [0, 0.1) is 13.8 Å². The zero-order chi connectivity index (χ0) is 23.1. The van der Waals surface area contributed by atoms with Gasteiger partial charge in [-0.25, -0.2) is 9.59 Å². The predicted molar refractivity (Wildman–Crippen MR) is 124 cm³/mol. The molecule has 0 fully saturated rings. The van der Waals surface area contributed by atoms with Crippen molar-refractivity contribution in [1.82, 2.24) is 16.0 Å². The van der Waals surface area contributed by atoms with Gasteiger partial charge in [-0.3, -0.25) is 0 Å². The molecule has 32 heavy (non-hydrogen) atoms. The topological polar surface area (TPSA) is 88.7 Å². The second-order valence-electron chi connectivity index (χ2n) is 7.78. The summed E-state index contributed by atoms with van der Waals surface area (Å²) in [5, 5.41) is 9.04. The summed E-state index contributed by atoms with van der Waals surface area (Å²) in [7, 11) is 1.64. The van der Waals surface area contributed by atoms with Crippen LogP contribution in [0.4, 0.5) is 4.79 Å². The van der Waals surface area contributed by atoms with Crippen molar-refractivity contribution in [3.8, 4) is 5.75 Å². The number of aryl methyl sites for hydroxylation is 2. The Bertz CT molecular complexity index is 999. The fourth-order valence-corrected chi connectivity index (χ4v) is 3.75. The average molecular weight is 438 g/mol. The summed E-state index contributed by atoms with van der Waals surface area (Å²) in [6, 6.07) is 13.0. The second kappa shape index (κ2) is 10.8. The van der Waals surface area contributed by atoms with Crippen LogP contribution in [0.5, 0.6) is 5.75 Å². The Kier molecular flexibility index (Phi) is 7.89. The number of esters is 1. The average Bonchev–Trinajstić information content (AvgIpc) is 2.78. The second-order valence-corrected chi connectivity index (χ2v) is 7.78. The van der Waals surface area contributed by atoms with E-state index in [4.69, 9.17) is 9.47 Å². The van der Waals surface area contributed by atoms with E-state index in [1.54, 1.807) is 14.0 Å². The molecule has 3 N–H and O–H groups in total. The molecular formula is C25H31N3O4. The van der Waals surface area contributed by atoms with E-state index in [9.17, 15) is 9.59 Å².